The molecule has 1 aromatic rings. The van der Waals surface area contributed by atoms with Crippen LogP contribution in [0.4, 0.5) is 0 Å². The van der Waals surface area contributed by atoms with Gasteiger partial charge in [-0.05, 0) is 55.4 Å². The van der Waals surface area contributed by atoms with Crippen LogP contribution in [0.25, 0.3) is 0 Å². The second-order valence-electron chi connectivity index (χ2n) is 6.80. The van der Waals surface area contributed by atoms with Crippen LogP contribution in [-0.4, -0.2) is 39.3 Å². The van der Waals surface area contributed by atoms with Gasteiger partial charge in [-0.2, -0.15) is 0 Å². The maximum absolute atomic E-state index is 12.8. The molecule has 0 bridgehead atoms. The Labute approximate surface area is 142 Å². The minimum Gasteiger partial charge on any atom is -0.478 e. The van der Waals surface area contributed by atoms with Crippen LogP contribution < -0.4 is 4.72 Å². The van der Waals surface area contributed by atoms with E-state index in [1.807, 2.05) is 6.92 Å². The molecule has 7 heteroatoms. The van der Waals surface area contributed by atoms with Crippen LogP contribution in [0, 0.1) is 5.41 Å². The first-order chi connectivity index (χ1) is 11.4. The third-order valence-electron chi connectivity index (χ3n) is 5.16. The first-order valence-electron chi connectivity index (χ1n) is 8.33. The Balaban J connectivity index is 1.94. The number of aromatic carboxylic acids is 1. The zero-order valence-corrected chi connectivity index (χ0v) is 14.6. The molecule has 1 saturated heterocycles. The number of carbonyl (C=O) groups is 1. The summed E-state index contributed by atoms with van der Waals surface area (Å²) in [7, 11) is -3.75. The summed E-state index contributed by atoms with van der Waals surface area (Å²) < 4.78 is 33.6. The second-order valence-corrected chi connectivity index (χ2v) is 8.53. The van der Waals surface area contributed by atoms with Crippen LogP contribution in [0.2, 0.25) is 0 Å². The van der Waals surface area contributed by atoms with Gasteiger partial charge in [-0.1, -0.05) is 6.92 Å². The fourth-order valence-corrected chi connectivity index (χ4v) is 4.83. The molecule has 0 amide bonds. The van der Waals surface area contributed by atoms with Gasteiger partial charge in [0.25, 0.3) is 0 Å². The number of hydrogen-bond donors (Lipinski definition) is 2. The molecule has 2 N–H and O–H groups in total. The van der Waals surface area contributed by atoms with E-state index in [2.05, 4.69) is 4.72 Å². The summed E-state index contributed by atoms with van der Waals surface area (Å²) in [5.41, 5.74) is 1.51. The van der Waals surface area contributed by atoms with E-state index in [1.165, 1.54) is 6.07 Å². The molecule has 6 nitrogen and oxygen atoms in total. The molecule has 1 fully saturated rings. The molecule has 2 aliphatic rings. The third kappa shape index (κ3) is 3.20. The lowest BCUT2D eigenvalue weighted by Gasteiger charge is -2.40. The normalized spacial score (nSPS) is 19.4. The fraction of sp³-hybridized carbons (Fsp3) is 0.588. The van der Waals surface area contributed by atoms with E-state index < -0.39 is 16.0 Å². The molecule has 0 spiro atoms. The molecule has 0 unspecified atom stereocenters. The van der Waals surface area contributed by atoms with Crippen molar-refractivity contribution in [3.8, 4) is 0 Å². The number of fused-ring (bicyclic) bond motifs is 1. The monoisotopic (exact) mass is 353 g/mol. The summed E-state index contributed by atoms with van der Waals surface area (Å²) in [5, 5.41) is 9.29. The minimum atomic E-state index is -3.75. The Bertz CT molecular complexity index is 747. The van der Waals surface area contributed by atoms with E-state index >= 15 is 0 Å². The maximum Gasteiger partial charge on any atom is 0.335 e. The second kappa shape index (κ2) is 6.46. The summed E-state index contributed by atoms with van der Waals surface area (Å²) in [6.07, 6.45) is 4.12. The van der Waals surface area contributed by atoms with E-state index in [1.54, 1.807) is 6.07 Å². The number of hydrogen-bond acceptors (Lipinski definition) is 4. The lowest BCUT2D eigenvalue weighted by atomic mass is 9.83. The highest BCUT2D eigenvalue weighted by Crippen LogP contribution is 2.32. The largest absolute Gasteiger partial charge is 0.478 e. The lowest BCUT2D eigenvalue weighted by molar-refractivity contribution is -0.110. The van der Waals surface area contributed by atoms with Crippen molar-refractivity contribution in [2.45, 2.75) is 43.9 Å². The number of carboxylic acids is 1. The van der Waals surface area contributed by atoms with Gasteiger partial charge in [0.15, 0.2) is 0 Å². The van der Waals surface area contributed by atoms with Crippen molar-refractivity contribution in [1.29, 1.82) is 0 Å². The van der Waals surface area contributed by atoms with Crippen LogP contribution in [0.3, 0.4) is 0 Å². The number of sulfonamides is 1. The molecular formula is C17H23NO5S. The van der Waals surface area contributed by atoms with Crippen LogP contribution in [0.5, 0.6) is 0 Å². The first kappa shape index (κ1) is 17.4. The van der Waals surface area contributed by atoms with Crippen LogP contribution in [0.1, 0.15) is 47.7 Å². The molecular weight excluding hydrogens is 330 g/mol. The molecule has 132 valence electrons. The summed E-state index contributed by atoms with van der Waals surface area (Å²) in [5.74, 6) is -1.10. The molecule has 1 aliphatic heterocycles. The van der Waals surface area contributed by atoms with E-state index in [9.17, 15) is 18.3 Å². The van der Waals surface area contributed by atoms with Gasteiger partial charge in [-0.25, -0.2) is 17.9 Å². The molecule has 1 aliphatic carbocycles. The van der Waals surface area contributed by atoms with Crippen LogP contribution >= 0.6 is 0 Å². The molecule has 0 aromatic heterocycles. The number of rotatable bonds is 6. The molecule has 3 rings (SSSR count). The number of ether oxygens (including phenoxy) is 1. The molecule has 1 heterocycles. The van der Waals surface area contributed by atoms with Gasteiger partial charge in [0, 0.05) is 12.0 Å². The lowest BCUT2D eigenvalue weighted by Crippen LogP contribution is -2.50. The number of aryl methyl sites for hydroxylation is 1. The zero-order chi connectivity index (χ0) is 17.4. The van der Waals surface area contributed by atoms with Gasteiger partial charge in [-0.15, -0.1) is 0 Å². The van der Waals surface area contributed by atoms with Crippen molar-refractivity contribution in [2.24, 2.45) is 5.41 Å². The van der Waals surface area contributed by atoms with Crippen molar-refractivity contribution in [3.05, 3.63) is 28.8 Å². The van der Waals surface area contributed by atoms with E-state index in [4.69, 9.17) is 4.74 Å². The van der Waals surface area contributed by atoms with Gasteiger partial charge in [0.1, 0.15) is 0 Å². The van der Waals surface area contributed by atoms with Crippen molar-refractivity contribution in [1.82, 2.24) is 4.72 Å². The highest BCUT2D eigenvalue weighted by molar-refractivity contribution is 7.89. The van der Waals surface area contributed by atoms with Gasteiger partial charge < -0.3 is 9.84 Å². The topological polar surface area (TPSA) is 92.7 Å². The van der Waals surface area contributed by atoms with Crippen molar-refractivity contribution >= 4 is 16.0 Å². The number of benzene rings is 1. The van der Waals surface area contributed by atoms with E-state index in [0.717, 1.165) is 36.8 Å². The maximum atomic E-state index is 12.8. The summed E-state index contributed by atoms with van der Waals surface area (Å²) in [6, 6.07) is 2.91. The SMILES string of the molecule is CCC1(CNS(=O)(=O)c2cc(C(=O)O)cc3c2CCCC3)COC1. The van der Waals surface area contributed by atoms with Crippen molar-refractivity contribution in [2.75, 3.05) is 19.8 Å². The Morgan fingerprint density at radius 1 is 1.29 bits per heavy atom. The highest BCUT2D eigenvalue weighted by atomic mass is 32.2. The molecule has 0 atom stereocenters. The number of nitrogens with one attached hydrogen (secondary N) is 1. The van der Waals surface area contributed by atoms with Gasteiger partial charge >= 0.3 is 5.97 Å². The summed E-state index contributed by atoms with van der Waals surface area (Å²) in [4.78, 5) is 11.5. The zero-order valence-electron chi connectivity index (χ0n) is 13.8. The molecule has 0 radical (unpaired) electrons. The van der Waals surface area contributed by atoms with Gasteiger partial charge in [0.05, 0.1) is 23.7 Å². The smallest absolute Gasteiger partial charge is 0.335 e. The Kier molecular flexibility index (Phi) is 4.68. The predicted molar refractivity (Wildman–Crippen MR) is 88.8 cm³/mol. The van der Waals surface area contributed by atoms with Gasteiger partial charge in [-0.3, -0.25) is 0 Å². The highest BCUT2D eigenvalue weighted by Gasteiger charge is 2.38. The average molecular weight is 353 g/mol. The first-order valence-corrected chi connectivity index (χ1v) is 9.82. The quantitative estimate of drug-likeness (QED) is 0.816. The Morgan fingerprint density at radius 3 is 2.58 bits per heavy atom. The van der Waals surface area contributed by atoms with Crippen molar-refractivity contribution in [3.63, 3.8) is 0 Å². The summed E-state index contributed by atoms with van der Waals surface area (Å²) >= 11 is 0. The van der Waals surface area contributed by atoms with Crippen LogP contribution in [0.15, 0.2) is 17.0 Å². The standard InChI is InChI=1S/C17H23NO5S/c1-2-17(10-23-11-17)9-18-24(21,22)15-8-13(16(19)20)7-12-5-3-4-6-14(12)15/h7-8,18H,2-6,9-11H2,1H3,(H,19,20). The van der Waals surface area contributed by atoms with E-state index in [-0.39, 0.29) is 15.9 Å². The number of carboxylic acid groups (broad SMARTS) is 1. The van der Waals surface area contributed by atoms with Gasteiger partial charge in [0.2, 0.25) is 10.0 Å². The van der Waals surface area contributed by atoms with Crippen molar-refractivity contribution < 1.29 is 23.1 Å². The van der Waals surface area contributed by atoms with Crippen LogP contribution in [-0.2, 0) is 27.6 Å². The predicted octanol–water partition coefficient (Wildman–Crippen LogP) is 1.97. The minimum absolute atomic E-state index is 0.0354. The summed E-state index contributed by atoms with van der Waals surface area (Å²) in [6.45, 7) is 3.44. The fourth-order valence-electron chi connectivity index (χ4n) is 3.34. The molecule has 24 heavy (non-hydrogen) atoms. The van der Waals surface area contributed by atoms with E-state index in [0.29, 0.717) is 26.2 Å². The third-order valence-corrected chi connectivity index (χ3v) is 6.63. The molecule has 0 saturated carbocycles. The Morgan fingerprint density at radius 2 is 2.00 bits per heavy atom. The molecule has 1 aromatic carbocycles. The average Bonchev–Trinajstić information content (AvgIpc) is 2.53. The Hall–Kier alpha value is -1.44.